The van der Waals surface area contributed by atoms with Crippen LogP contribution in [-0.2, 0) is 0 Å². The van der Waals surface area contributed by atoms with E-state index in [1.54, 1.807) is 48.5 Å². The van der Waals surface area contributed by atoms with Crippen LogP contribution in [0.5, 0.6) is 0 Å². The molecule has 0 fully saturated rings. The zero-order valence-corrected chi connectivity index (χ0v) is 14.0. The van der Waals surface area contributed by atoms with Crippen molar-refractivity contribution in [3.05, 3.63) is 82.5 Å². The summed E-state index contributed by atoms with van der Waals surface area (Å²) in [4.78, 5) is 16.4. The molecule has 0 radical (unpaired) electrons. The van der Waals surface area contributed by atoms with E-state index in [9.17, 15) is 4.79 Å². The molecule has 24 heavy (non-hydrogen) atoms. The Morgan fingerprint density at radius 2 is 1.67 bits per heavy atom. The molecule has 0 aliphatic carbocycles. The molecule has 0 saturated carbocycles. The minimum Gasteiger partial charge on any atom is -0.340 e. The topological polar surface area (TPSA) is 54.0 Å². The molecule has 0 aliphatic rings. The Bertz CT molecular complexity index is 849. The molecular formula is C18H13Cl2N3O. The maximum atomic E-state index is 12.2. The third-order valence-corrected chi connectivity index (χ3v) is 3.71. The summed E-state index contributed by atoms with van der Waals surface area (Å²) < 4.78 is 0. The van der Waals surface area contributed by atoms with Gasteiger partial charge in [-0.15, -0.1) is 0 Å². The quantitative estimate of drug-likeness (QED) is 0.658. The Morgan fingerprint density at radius 1 is 0.875 bits per heavy atom. The minimum atomic E-state index is -0.247. The fraction of sp³-hybridized carbons (Fsp3) is 0. The summed E-state index contributed by atoms with van der Waals surface area (Å²) in [6.07, 6.45) is 1.51. The predicted octanol–water partition coefficient (Wildman–Crippen LogP) is 5.38. The zero-order valence-electron chi connectivity index (χ0n) is 12.5. The van der Waals surface area contributed by atoms with Crippen molar-refractivity contribution in [3.63, 3.8) is 0 Å². The van der Waals surface area contributed by atoms with E-state index in [1.807, 2.05) is 12.1 Å². The fourth-order valence-corrected chi connectivity index (χ4v) is 2.37. The normalized spacial score (nSPS) is 10.2. The van der Waals surface area contributed by atoms with Gasteiger partial charge in [-0.2, -0.15) is 0 Å². The van der Waals surface area contributed by atoms with Crippen molar-refractivity contribution < 1.29 is 4.79 Å². The van der Waals surface area contributed by atoms with E-state index >= 15 is 0 Å². The van der Waals surface area contributed by atoms with E-state index in [-0.39, 0.29) is 5.91 Å². The molecular weight excluding hydrogens is 345 g/mol. The van der Waals surface area contributed by atoms with Gasteiger partial charge in [0.25, 0.3) is 5.91 Å². The first-order valence-corrected chi connectivity index (χ1v) is 7.91. The zero-order chi connectivity index (χ0) is 16.9. The Morgan fingerprint density at radius 3 is 2.33 bits per heavy atom. The average Bonchev–Trinajstić information content (AvgIpc) is 2.57. The van der Waals surface area contributed by atoms with Gasteiger partial charge in [0.05, 0.1) is 5.56 Å². The molecule has 2 aromatic carbocycles. The molecule has 6 heteroatoms. The Hall–Kier alpha value is -2.56. The third kappa shape index (κ3) is 4.25. The molecule has 0 spiro atoms. The number of nitrogens with zero attached hydrogens (tertiary/aromatic N) is 1. The van der Waals surface area contributed by atoms with Crippen LogP contribution in [0.3, 0.4) is 0 Å². The lowest BCUT2D eigenvalue weighted by molar-refractivity contribution is 0.102. The molecule has 3 rings (SSSR count). The molecule has 0 unspecified atom stereocenters. The van der Waals surface area contributed by atoms with Crippen molar-refractivity contribution in [1.29, 1.82) is 0 Å². The Balaban J connectivity index is 1.67. The number of amides is 1. The number of hydrogen-bond donors (Lipinski definition) is 2. The maximum Gasteiger partial charge on any atom is 0.257 e. The lowest BCUT2D eigenvalue weighted by atomic mass is 10.2. The van der Waals surface area contributed by atoms with Crippen LogP contribution in [0.1, 0.15) is 10.4 Å². The summed E-state index contributed by atoms with van der Waals surface area (Å²) in [6.45, 7) is 0. The molecule has 0 atom stereocenters. The molecule has 0 bridgehead atoms. The molecule has 2 N–H and O–H groups in total. The summed E-state index contributed by atoms with van der Waals surface area (Å²) in [6, 6.07) is 17.7. The number of carbonyl (C=O) groups excluding carboxylic acids is 1. The van der Waals surface area contributed by atoms with Gasteiger partial charge in [-0.3, -0.25) is 4.79 Å². The number of benzene rings is 2. The fourth-order valence-electron chi connectivity index (χ4n) is 2.05. The van der Waals surface area contributed by atoms with Crippen molar-refractivity contribution >= 4 is 46.3 Å². The van der Waals surface area contributed by atoms with E-state index in [0.717, 1.165) is 5.69 Å². The van der Waals surface area contributed by atoms with Crippen LogP contribution in [-0.4, -0.2) is 10.9 Å². The van der Waals surface area contributed by atoms with Gasteiger partial charge in [-0.05, 0) is 54.6 Å². The van der Waals surface area contributed by atoms with Gasteiger partial charge in [0.15, 0.2) is 0 Å². The van der Waals surface area contributed by atoms with Gasteiger partial charge in [0.1, 0.15) is 5.82 Å². The highest BCUT2D eigenvalue weighted by Crippen LogP contribution is 2.19. The van der Waals surface area contributed by atoms with Crippen LogP contribution < -0.4 is 10.6 Å². The van der Waals surface area contributed by atoms with Crippen LogP contribution in [0.2, 0.25) is 10.0 Å². The highest BCUT2D eigenvalue weighted by atomic mass is 35.5. The highest BCUT2D eigenvalue weighted by molar-refractivity contribution is 6.31. The maximum absolute atomic E-state index is 12.2. The summed E-state index contributed by atoms with van der Waals surface area (Å²) in [7, 11) is 0. The molecule has 1 heterocycles. The van der Waals surface area contributed by atoms with Gasteiger partial charge in [0.2, 0.25) is 0 Å². The van der Waals surface area contributed by atoms with E-state index < -0.39 is 0 Å². The molecule has 1 amide bonds. The number of rotatable bonds is 4. The molecule has 1 aromatic heterocycles. The largest absolute Gasteiger partial charge is 0.340 e. The summed E-state index contributed by atoms with van der Waals surface area (Å²) in [5, 5.41) is 7.14. The van der Waals surface area contributed by atoms with Crippen molar-refractivity contribution in [3.8, 4) is 0 Å². The predicted molar refractivity (Wildman–Crippen MR) is 98.4 cm³/mol. The van der Waals surface area contributed by atoms with E-state index in [1.165, 1.54) is 6.20 Å². The SMILES string of the molecule is O=C(Nc1cccc(Cl)c1)c1ccc(Nc2ccc(Cl)cc2)nc1. The van der Waals surface area contributed by atoms with Gasteiger partial charge in [-0.25, -0.2) is 4.98 Å². The van der Waals surface area contributed by atoms with Crippen molar-refractivity contribution in [2.24, 2.45) is 0 Å². The first-order chi connectivity index (χ1) is 11.6. The van der Waals surface area contributed by atoms with Gasteiger partial charge in [0, 0.05) is 27.6 Å². The number of anilines is 3. The highest BCUT2D eigenvalue weighted by Gasteiger charge is 2.07. The molecule has 4 nitrogen and oxygen atoms in total. The van der Waals surface area contributed by atoms with Crippen LogP contribution in [0, 0.1) is 0 Å². The van der Waals surface area contributed by atoms with E-state index in [2.05, 4.69) is 15.6 Å². The van der Waals surface area contributed by atoms with E-state index in [4.69, 9.17) is 23.2 Å². The lowest BCUT2D eigenvalue weighted by Crippen LogP contribution is -2.12. The molecule has 0 saturated heterocycles. The second-order valence-electron chi connectivity index (χ2n) is 5.03. The average molecular weight is 358 g/mol. The van der Waals surface area contributed by atoms with Crippen LogP contribution >= 0.6 is 23.2 Å². The molecule has 0 aliphatic heterocycles. The van der Waals surface area contributed by atoms with Crippen LogP contribution in [0.4, 0.5) is 17.2 Å². The number of halogens is 2. The first-order valence-electron chi connectivity index (χ1n) is 7.16. The number of pyridine rings is 1. The second-order valence-corrected chi connectivity index (χ2v) is 5.90. The summed E-state index contributed by atoms with van der Waals surface area (Å²) in [5.74, 6) is 0.388. The molecule has 3 aromatic rings. The number of nitrogens with one attached hydrogen (secondary N) is 2. The monoisotopic (exact) mass is 357 g/mol. The number of hydrogen-bond acceptors (Lipinski definition) is 3. The van der Waals surface area contributed by atoms with Gasteiger partial charge >= 0.3 is 0 Å². The van der Waals surface area contributed by atoms with Crippen molar-refractivity contribution in [2.45, 2.75) is 0 Å². The Labute approximate surface area is 149 Å². The van der Waals surface area contributed by atoms with Crippen LogP contribution in [0.25, 0.3) is 0 Å². The minimum absolute atomic E-state index is 0.247. The van der Waals surface area contributed by atoms with Crippen molar-refractivity contribution in [1.82, 2.24) is 4.98 Å². The van der Waals surface area contributed by atoms with Crippen molar-refractivity contribution in [2.75, 3.05) is 10.6 Å². The first kappa shape index (κ1) is 16.3. The van der Waals surface area contributed by atoms with Crippen LogP contribution in [0.15, 0.2) is 66.9 Å². The smallest absolute Gasteiger partial charge is 0.257 e. The number of aromatic nitrogens is 1. The van der Waals surface area contributed by atoms with Gasteiger partial charge in [-0.1, -0.05) is 29.3 Å². The summed E-state index contributed by atoms with van der Waals surface area (Å²) >= 11 is 11.8. The third-order valence-electron chi connectivity index (χ3n) is 3.22. The summed E-state index contributed by atoms with van der Waals surface area (Å²) in [5.41, 5.74) is 1.95. The van der Waals surface area contributed by atoms with Gasteiger partial charge < -0.3 is 10.6 Å². The second kappa shape index (κ2) is 7.34. The van der Waals surface area contributed by atoms with E-state index in [0.29, 0.717) is 27.1 Å². The molecule has 120 valence electrons. The number of carbonyl (C=O) groups is 1. The standard InChI is InChI=1S/C18H13Cl2N3O/c19-13-5-7-15(8-6-13)22-17-9-4-12(11-21-17)18(24)23-16-3-1-2-14(20)10-16/h1-11H,(H,21,22)(H,23,24). The Kier molecular flexibility index (Phi) is 4.99. The lowest BCUT2D eigenvalue weighted by Gasteiger charge is -2.08.